The van der Waals surface area contributed by atoms with Gasteiger partial charge in [0.1, 0.15) is 0 Å². The third-order valence-electron chi connectivity index (χ3n) is 2.65. The average molecular weight is 341 g/mol. The third kappa shape index (κ3) is 15.1. The molecule has 0 aromatic rings. The fourth-order valence-electron chi connectivity index (χ4n) is 1.38. The topological polar surface area (TPSA) is 80.3 Å². The van der Waals surface area contributed by atoms with Gasteiger partial charge in [0.25, 0.3) is 0 Å². The van der Waals surface area contributed by atoms with Gasteiger partial charge in [0.2, 0.25) is 0 Å². The number of carbonyl (C=O) groups excluding carboxylic acids is 2. The Morgan fingerprint density at radius 2 is 1.05 bits per heavy atom. The van der Waals surface area contributed by atoms with Crippen LogP contribution in [0, 0.1) is 0 Å². The van der Waals surface area contributed by atoms with E-state index in [1.807, 2.05) is 27.7 Å². The number of hydrogen-bond acceptors (Lipinski definition) is 4. The minimum atomic E-state index is -1.03. The predicted octanol–water partition coefficient (Wildman–Crippen LogP) is 1.74. The summed E-state index contributed by atoms with van der Waals surface area (Å²) in [4.78, 5) is 20.5. The van der Waals surface area contributed by atoms with E-state index in [2.05, 4.69) is 0 Å². The first kappa shape index (κ1) is 24.9. The van der Waals surface area contributed by atoms with Gasteiger partial charge >= 0.3 is 16.8 Å². The summed E-state index contributed by atoms with van der Waals surface area (Å²) in [6.07, 6.45) is 8.21. The number of hydrogen-bond donors (Lipinski definition) is 0. The van der Waals surface area contributed by atoms with Gasteiger partial charge in [-0.1, -0.05) is 52.7 Å². The molecule has 0 amide bonds. The summed E-state index contributed by atoms with van der Waals surface area (Å²) in [7, 11) is 0. The largest absolute Gasteiger partial charge is 2.00 e. The molecule has 0 fully saturated rings. The first-order valence-electron chi connectivity index (χ1n) is 7.25. The summed E-state index contributed by atoms with van der Waals surface area (Å²) in [6, 6.07) is 0. The zero-order chi connectivity index (χ0) is 16.0. The standard InChI is InChI=1S/2C8H14O2.Co/c2*1-3-5-6-7(4-2)8(9)10;/h2*6H,3-5H2,1-2H3,(H,9,10);/q;;+2/p-2/b2*7-6+;. The van der Waals surface area contributed by atoms with E-state index < -0.39 is 11.9 Å². The minimum absolute atomic E-state index is 0. The molecule has 0 aliphatic rings. The van der Waals surface area contributed by atoms with Gasteiger partial charge in [-0.15, -0.1) is 0 Å². The Balaban J connectivity index is -0.000000295. The van der Waals surface area contributed by atoms with Crippen LogP contribution in [-0.2, 0) is 26.4 Å². The van der Waals surface area contributed by atoms with Crippen molar-refractivity contribution in [2.45, 2.75) is 66.2 Å². The molecule has 0 spiro atoms. The SMILES string of the molecule is CCC/C=C(\CC)C(=O)[O-].CCC/C=C(\CC)C(=O)[O-].[Co+2]. The molecule has 0 aromatic carbocycles. The van der Waals surface area contributed by atoms with Gasteiger partial charge in [0.15, 0.2) is 0 Å². The van der Waals surface area contributed by atoms with Crippen LogP contribution in [-0.4, -0.2) is 11.9 Å². The van der Waals surface area contributed by atoms with Crippen molar-refractivity contribution in [2.24, 2.45) is 0 Å². The molecule has 0 rings (SSSR count). The fourth-order valence-corrected chi connectivity index (χ4v) is 1.38. The van der Waals surface area contributed by atoms with E-state index in [0.29, 0.717) is 24.0 Å². The van der Waals surface area contributed by atoms with Crippen LogP contribution in [0.4, 0.5) is 0 Å². The van der Waals surface area contributed by atoms with Gasteiger partial charge in [-0.2, -0.15) is 0 Å². The molecule has 123 valence electrons. The van der Waals surface area contributed by atoms with E-state index >= 15 is 0 Å². The maximum atomic E-state index is 10.3. The van der Waals surface area contributed by atoms with E-state index in [9.17, 15) is 19.8 Å². The molecule has 0 aliphatic heterocycles. The van der Waals surface area contributed by atoms with Crippen LogP contribution >= 0.6 is 0 Å². The van der Waals surface area contributed by atoms with E-state index in [1.54, 1.807) is 12.2 Å². The summed E-state index contributed by atoms with van der Waals surface area (Å²) in [6.45, 7) is 7.66. The molecule has 0 heterocycles. The second-order valence-corrected chi connectivity index (χ2v) is 4.32. The van der Waals surface area contributed by atoms with Crippen molar-refractivity contribution in [2.75, 3.05) is 0 Å². The van der Waals surface area contributed by atoms with Gasteiger partial charge in [0.05, 0.1) is 11.9 Å². The monoisotopic (exact) mass is 341 g/mol. The van der Waals surface area contributed by atoms with E-state index in [0.717, 1.165) is 25.7 Å². The van der Waals surface area contributed by atoms with Crippen LogP contribution < -0.4 is 10.2 Å². The molecule has 0 N–H and O–H groups in total. The van der Waals surface area contributed by atoms with Crippen LogP contribution in [0.1, 0.15) is 66.2 Å². The molecule has 5 heteroatoms. The Kier molecular flexibility index (Phi) is 20.1. The molecule has 0 aromatic heterocycles. The summed E-state index contributed by atoms with van der Waals surface area (Å²) in [5.74, 6) is -2.06. The molecule has 0 bridgehead atoms. The van der Waals surface area contributed by atoms with Crippen molar-refractivity contribution in [3.05, 3.63) is 23.3 Å². The van der Waals surface area contributed by atoms with Gasteiger partial charge in [0, 0.05) is 0 Å². The van der Waals surface area contributed by atoms with E-state index in [-0.39, 0.29) is 16.8 Å². The summed E-state index contributed by atoms with van der Waals surface area (Å²) < 4.78 is 0. The molecule has 0 saturated carbocycles. The predicted molar refractivity (Wildman–Crippen MR) is 76.6 cm³/mol. The van der Waals surface area contributed by atoms with Crippen LogP contribution in [0.5, 0.6) is 0 Å². The fraction of sp³-hybridized carbons (Fsp3) is 0.625. The minimum Gasteiger partial charge on any atom is -0.545 e. The van der Waals surface area contributed by atoms with Crippen molar-refractivity contribution >= 4 is 11.9 Å². The Morgan fingerprint density at radius 3 is 1.19 bits per heavy atom. The Morgan fingerprint density at radius 1 is 0.762 bits per heavy atom. The van der Waals surface area contributed by atoms with Crippen LogP contribution in [0.2, 0.25) is 0 Å². The number of allylic oxidation sites excluding steroid dienone is 2. The maximum Gasteiger partial charge on any atom is 2.00 e. The van der Waals surface area contributed by atoms with Crippen LogP contribution in [0.15, 0.2) is 23.3 Å². The molecule has 1 radical (unpaired) electrons. The Hall–Kier alpha value is -1.07. The molecule has 21 heavy (non-hydrogen) atoms. The second-order valence-electron chi connectivity index (χ2n) is 4.32. The molecular weight excluding hydrogens is 315 g/mol. The Bertz CT molecular complexity index is 312. The first-order valence-corrected chi connectivity index (χ1v) is 7.25. The maximum absolute atomic E-state index is 10.3. The number of carboxylic acid groups (broad SMARTS) is 2. The van der Waals surface area contributed by atoms with Crippen LogP contribution in [0.25, 0.3) is 0 Å². The summed E-state index contributed by atoms with van der Waals surface area (Å²) in [5, 5.41) is 20.5. The normalized spacial score (nSPS) is 11.0. The van der Waals surface area contributed by atoms with Crippen molar-refractivity contribution in [1.82, 2.24) is 0 Å². The van der Waals surface area contributed by atoms with Gasteiger partial charge < -0.3 is 19.8 Å². The summed E-state index contributed by atoms with van der Waals surface area (Å²) >= 11 is 0. The smallest absolute Gasteiger partial charge is 0.545 e. The van der Waals surface area contributed by atoms with Gasteiger partial charge in [-0.25, -0.2) is 0 Å². The quantitative estimate of drug-likeness (QED) is 0.630. The number of carboxylic acids is 2. The molecular formula is C16H26CoO4. The van der Waals surface area contributed by atoms with Crippen molar-refractivity contribution < 1.29 is 36.6 Å². The zero-order valence-electron chi connectivity index (χ0n) is 13.4. The molecule has 0 atom stereocenters. The molecule has 4 nitrogen and oxygen atoms in total. The number of unbranched alkanes of at least 4 members (excludes halogenated alkanes) is 2. The third-order valence-corrected chi connectivity index (χ3v) is 2.65. The van der Waals surface area contributed by atoms with E-state index in [1.165, 1.54) is 0 Å². The van der Waals surface area contributed by atoms with Crippen LogP contribution in [0.3, 0.4) is 0 Å². The molecule has 0 saturated heterocycles. The van der Waals surface area contributed by atoms with Crippen molar-refractivity contribution in [3.8, 4) is 0 Å². The summed E-state index contributed by atoms with van der Waals surface area (Å²) in [5.41, 5.74) is 0.837. The van der Waals surface area contributed by atoms with E-state index in [4.69, 9.17) is 0 Å². The number of rotatable bonds is 8. The molecule has 0 unspecified atom stereocenters. The Labute approximate surface area is 138 Å². The number of aliphatic carboxylic acids is 2. The van der Waals surface area contributed by atoms with Crippen molar-refractivity contribution in [1.29, 1.82) is 0 Å². The number of carbonyl (C=O) groups is 2. The zero-order valence-corrected chi connectivity index (χ0v) is 14.4. The second kappa shape index (κ2) is 17.0. The van der Waals surface area contributed by atoms with Gasteiger partial charge in [-0.05, 0) is 36.8 Å². The average Bonchev–Trinajstić information content (AvgIpc) is 2.40. The molecule has 0 aliphatic carbocycles. The van der Waals surface area contributed by atoms with Gasteiger partial charge in [-0.3, -0.25) is 0 Å². The first-order chi connectivity index (χ1) is 9.44. The van der Waals surface area contributed by atoms with Crippen molar-refractivity contribution in [3.63, 3.8) is 0 Å².